The molecule has 1 N–H and O–H groups in total. The molecule has 0 spiro atoms. The largest absolute Gasteiger partial charge is 0.497 e. The lowest BCUT2D eigenvalue weighted by molar-refractivity contribution is -0.384. The molecule has 1 heterocycles. The van der Waals surface area contributed by atoms with Gasteiger partial charge in [0.05, 0.1) is 30.8 Å². The van der Waals surface area contributed by atoms with E-state index in [1.165, 1.54) is 19.2 Å². The molecule has 10 heteroatoms. The molecule has 1 aliphatic rings. The number of amides is 1. The Hall–Kier alpha value is -3.66. The Labute approximate surface area is 172 Å². The SMILES string of the molecule is COc1cccc(NC(=O)COC(=O)c2ccc(N3CCOCC3)c([N+](=O)[O-])c2)c1. The van der Waals surface area contributed by atoms with Crippen LogP contribution in [0.15, 0.2) is 42.5 Å². The average Bonchev–Trinajstić information content (AvgIpc) is 2.77. The van der Waals surface area contributed by atoms with Gasteiger partial charge in [-0.15, -0.1) is 0 Å². The van der Waals surface area contributed by atoms with E-state index >= 15 is 0 Å². The van der Waals surface area contributed by atoms with Crippen molar-refractivity contribution in [1.82, 2.24) is 0 Å². The topological polar surface area (TPSA) is 120 Å². The van der Waals surface area contributed by atoms with Crippen LogP contribution in [0.5, 0.6) is 5.75 Å². The monoisotopic (exact) mass is 415 g/mol. The van der Waals surface area contributed by atoms with Crippen LogP contribution in [0.1, 0.15) is 10.4 Å². The second-order valence-corrected chi connectivity index (χ2v) is 6.42. The zero-order valence-corrected chi connectivity index (χ0v) is 16.3. The van der Waals surface area contributed by atoms with Crippen LogP contribution >= 0.6 is 0 Å². The van der Waals surface area contributed by atoms with Crippen molar-refractivity contribution in [3.63, 3.8) is 0 Å². The molecule has 1 amide bonds. The number of benzene rings is 2. The Morgan fingerprint density at radius 1 is 1.20 bits per heavy atom. The summed E-state index contributed by atoms with van der Waals surface area (Å²) in [5, 5.41) is 14.1. The van der Waals surface area contributed by atoms with E-state index in [2.05, 4.69) is 5.32 Å². The molecule has 1 aliphatic heterocycles. The minimum Gasteiger partial charge on any atom is -0.497 e. The van der Waals surface area contributed by atoms with Gasteiger partial charge >= 0.3 is 5.97 Å². The fourth-order valence-corrected chi connectivity index (χ4v) is 2.98. The maximum Gasteiger partial charge on any atom is 0.338 e. The summed E-state index contributed by atoms with van der Waals surface area (Å²) < 4.78 is 15.3. The Kier molecular flexibility index (Phi) is 6.81. The standard InChI is InChI=1S/C20H21N3O7/c1-28-16-4-2-3-15(12-16)21-19(24)13-30-20(25)14-5-6-17(18(11-14)23(26)27)22-7-9-29-10-8-22/h2-6,11-12H,7-10,13H2,1H3,(H,21,24). The molecule has 0 atom stereocenters. The molecule has 158 valence electrons. The summed E-state index contributed by atoms with van der Waals surface area (Å²) in [5.74, 6) is -0.805. The lowest BCUT2D eigenvalue weighted by Gasteiger charge is -2.28. The molecule has 0 saturated carbocycles. The summed E-state index contributed by atoms with van der Waals surface area (Å²) in [7, 11) is 1.51. The first kappa shape index (κ1) is 21.1. The van der Waals surface area contributed by atoms with Crippen molar-refractivity contribution in [1.29, 1.82) is 0 Å². The Bertz CT molecular complexity index is 942. The number of anilines is 2. The molecule has 30 heavy (non-hydrogen) atoms. The van der Waals surface area contributed by atoms with Crippen molar-refractivity contribution in [2.24, 2.45) is 0 Å². The van der Waals surface area contributed by atoms with Gasteiger partial charge in [-0.1, -0.05) is 6.07 Å². The summed E-state index contributed by atoms with van der Waals surface area (Å²) in [5.41, 5.74) is 0.691. The minimum absolute atomic E-state index is 0.00658. The summed E-state index contributed by atoms with van der Waals surface area (Å²) in [6.07, 6.45) is 0. The zero-order valence-electron chi connectivity index (χ0n) is 16.3. The molecular weight excluding hydrogens is 394 g/mol. The van der Waals surface area contributed by atoms with Gasteiger partial charge in [0.2, 0.25) is 0 Å². The number of hydrogen-bond acceptors (Lipinski definition) is 8. The predicted molar refractivity (Wildman–Crippen MR) is 108 cm³/mol. The van der Waals surface area contributed by atoms with Crippen LogP contribution in [0.25, 0.3) is 0 Å². The molecule has 1 fully saturated rings. The van der Waals surface area contributed by atoms with Crippen molar-refractivity contribution in [2.75, 3.05) is 50.2 Å². The summed E-state index contributed by atoms with van der Waals surface area (Å²) in [4.78, 5) is 37.1. The number of nitro benzene ring substituents is 1. The number of nitro groups is 1. The van der Waals surface area contributed by atoms with Crippen LogP contribution in [0.4, 0.5) is 17.1 Å². The smallest absolute Gasteiger partial charge is 0.338 e. The van der Waals surface area contributed by atoms with Gasteiger partial charge in [-0.3, -0.25) is 14.9 Å². The van der Waals surface area contributed by atoms with Gasteiger partial charge in [-0.25, -0.2) is 4.79 Å². The minimum atomic E-state index is -0.826. The molecule has 3 rings (SSSR count). The first-order chi connectivity index (χ1) is 14.5. The number of ether oxygens (including phenoxy) is 3. The molecule has 0 unspecified atom stereocenters. The van der Waals surface area contributed by atoms with Crippen molar-refractivity contribution in [3.8, 4) is 5.75 Å². The summed E-state index contributed by atoms with van der Waals surface area (Å²) >= 11 is 0. The third-order valence-corrected chi connectivity index (χ3v) is 4.45. The van der Waals surface area contributed by atoms with Crippen LogP contribution in [0.3, 0.4) is 0 Å². The fraction of sp³-hybridized carbons (Fsp3) is 0.300. The van der Waals surface area contributed by atoms with Gasteiger partial charge in [0, 0.05) is 30.9 Å². The number of esters is 1. The average molecular weight is 415 g/mol. The quantitative estimate of drug-likeness (QED) is 0.415. The number of carbonyl (C=O) groups excluding carboxylic acids is 2. The van der Waals surface area contributed by atoms with E-state index in [1.807, 2.05) is 4.90 Å². The van der Waals surface area contributed by atoms with Crippen molar-refractivity contribution >= 4 is 28.9 Å². The van der Waals surface area contributed by atoms with Crippen molar-refractivity contribution in [2.45, 2.75) is 0 Å². The first-order valence-corrected chi connectivity index (χ1v) is 9.20. The van der Waals surface area contributed by atoms with Crippen LogP contribution in [-0.2, 0) is 14.3 Å². The predicted octanol–water partition coefficient (Wildman–Crippen LogP) is 2.24. The molecule has 0 radical (unpaired) electrons. The van der Waals surface area contributed by atoms with Gasteiger partial charge in [-0.05, 0) is 24.3 Å². The second kappa shape index (κ2) is 9.70. The highest BCUT2D eigenvalue weighted by Gasteiger charge is 2.24. The van der Waals surface area contributed by atoms with Crippen molar-refractivity contribution < 1.29 is 28.7 Å². The van der Waals surface area contributed by atoms with Gasteiger partial charge in [0.25, 0.3) is 11.6 Å². The van der Waals surface area contributed by atoms with Gasteiger partial charge in [-0.2, -0.15) is 0 Å². The van der Waals surface area contributed by atoms with Gasteiger partial charge < -0.3 is 24.4 Å². The molecule has 2 aromatic rings. The number of rotatable bonds is 7. The van der Waals surface area contributed by atoms with Crippen LogP contribution in [0.2, 0.25) is 0 Å². The normalized spacial score (nSPS) is 13.4. The molecule has 1 saturated heterocycles. The maximum absolute atomic E-state index is 12.3. The number of nitrogens with one attached hydrogen (secondary N) is 1. The number of methoxy groups -OCH3 is 1. The molecule has 0 bridgehead atoms. The summed E-state index contributed by atoms with van der Waals surface area (Å²) in [6.45, 7) is 1.46. The van der Waals surface area contributed by atoms with Gasteiger partial charge in [0.1, 0.15) is 11.4 Å². The Morgan fingerprint density at radius 3 is 2.67 bits per heavy atom. The summed E-state index contributed by atoms with van der Waals surface area (Å²) in [6, 6.07) is 10.8. The third-order valence-electron chi connectivity index (χ3n) is 4.45. The lowest BCUT2D eigenvalue weighted by Crippen LogP contribution is -2.36. The highest BCUT2D eigenvalue weighted by Crippen LogP contribution is 2.30. The van der Waals surface area contributed by atoms with Gasteiger partial charge in [0.15, 0.2) is 6.61 Å². The molecule has 10 nitrogen and oxygen atoms in total. The molecule has 0 aromatic heterocycles. The van der Waals surface area contributed by atoms with E-state index in [0.717, 1.165) is 6.07 Å². The van der Waals surface area contributed by atoms with Crippen LogP contribution < -0.4 is 15.0 Å². The number of carbonyl (C=O) groups is 2. The lowest BCUT2D eigenvalue weighted by atomic mass is 10.1. The molecule has 2 aromatic carbocycles. The van der Waals surface area contributed by atoms with Crippen molar-refractivity contribution in [3.05, 3.63) is 58.1 Å². The van der Waals surface area contributed by atoms with E-state index < -0.39 is 23.4 Å². The van der Waals surface area contributed by atoms with E-state index in [0.29, 0.717) is 43.4 Å². The number of morpholine rings is 1. The first-order valence-electron chi connectivity index (χ1n) is 9.20. The highest BCUT2D eigenvalue weighted by atomic mass is 16.6. The highest BCUT2D eigenvalue weighted by molar-refractivity contribution is 5.96. The van der Waals surface area contributed by atoms with E-state index in [-0.39, 0.29) is 11.3 Å². The second-order valence-electron chi connectivity index (χ2n) is 6.42. The Morgan fingerprint density at radius 2 is 1.97 bits per heavy atom. The molecule has 0 aliphatic carbocycles. The number of hydrogen-bond donors (Lipinski definition) is 1. The number of nitrogens with zero attached hydrogens (tertiary/aromatic N) is 2. The van der Waals surface area contributed by atoms with E-state index in [4.69, 9.17) is 14.2 Å². The maximum atomic E-state index is 12.3. The van der Waals surface area contributed by atoms with E-state index in [9.17, 15) is 19.7 Å². The van der Waals surface area contributed by atoms with Crippen LogP contribution in [0, 0.1) is 10.1 Å². The fourth-order valence-electron chi connectivity index (χ4n) is 2.98. The van der Waals surface area contributed by atoms with Crippen LogP contribution in [-0.4, -0.2) is 56.8 Å². The zero-order chi connectivity index (χ0) is 21.5. The van der Waals surface area contributed by atoms with E-state index in [1.54, 1.807) is 24.3 Å². The molecular formula is C20H21N3O7. The third kappa shape index (κ3) is 5.23. The Balaban J connectivity index is 1.63.